The normalized spacial score (nSPS) is 10.7. The molecule has 0 fully saturated rings. The van der Waals surface area contributed by atoms with Gasteiger partial charge in [0.05, 0.1) is 18.4 Å². The average molecular weight is 417 g/mol. The van der Waals surface area contributed by atoms with Crippen molar-refractivity contribution in [3.63, 3.8) is 0 Å². The largest absolute Gasteiger partial charge is 0.496 e. The molecule has 3 aromatic rings. The number of carbonyl (C=O) groups excluding carboxylic acids is 1. The van der Waals surface area contributed by atoms with Crippen LogP contribution in [0.2, 0.25) is 5.02 Å². The third-order valence-corrected chi connectivity index (χ3v) is 5.38. The van der Waals surface area contributed by atoms with Crippen LogP contribution < -0.4 is 10.1 Å². The van der Waals surface area contributed by atoms with Gasteiger partial charge in [0.15, 0.2) is 11.0 Å². The molecule has 1 amide bonds. The fraction of sp³-hybridized carbons (Fsp3) is 0.250. The second-order valence-electron chi connectivity index (χ2n) is 6.05. The summed E-state index contributed by atoms with van der Waals surface area (Å²) in [6, 6.07) is 13.0. The minimum absolute atomic E-state index is 0.111. The number of para-hydroxylation sites is 1. The molecular weight excluding hydrogens is 396 g/mol. The van der Waals surface area contributed by atoms with Crippen LogP contribution in [0.1, 0.15) is 12.5 Å². The van der Waals surface area contributed by atoms with E-state index >= 15 is 0 Å². The molecule has 0 atom stereocenters. The van der Waals surface area contributed by atoms with E-state index < -0.39 is 0 Å². The fourth-order valence-corrected chi connectivity index (χ4v) is 3.82. The van der Waals surface area contributed by atoms with Crippen molar-refractivity contribution in [3.05, 3.63) is 53.1 Å². The Morgan fingerprint density at radius 3 is 2.75 bits per heavy atom. The number of rotatable bonds is 7. The molecule has 0 aliphatic carbocycles. The number of benzene rings is 2. The lowest BCUT2D eigenvalue weighted by Gasteiger charge is -2.11. The molecule has 0 radical (unpaired) electrons. The number of anilines is 1. The molecule has 1 heterocycles. The van der Waals surface area contributed by atoms with Crippen LogP contribution in [-0.4, -0.2) is 33.5 Å². The van der Waals surface area contributed by atoms with Gasteiger partial charge in [-0.3, -0.25) is 4.79 Å². The molecule has 1 N–H and O–H groups in total. The highest BCUT2D eigenvalue weighted by Crippen LogP contribution is 2.30. The average Bonchev–Trinajstić information content (AvgIpc) is 3.11. The molecule has 0 bridgehead atoms. The van der Waals surface area contributed by atoms with Gasteiger partial charge in [0.2, 0.25) is 5.91 Å². The van der Waals surface area contributed by atoms with Crippen molar-refractivity contribution in [1.29, 1.82) is 0 Å². The number of ether oxygens (including phenoxy) is 1. The number of amides is 1. The first kappa shape index (κ1) is 20.2. The molecule has 0 saturated carbocycles. The van der Waals surface area contributed by atoms with E-state index in [1.807, 2.05) is 48.7 Å². The van der Waals surface area contributed by atoms with Crippen LogP contribution in [0.15, 0.2) is 47.6 Å². The Kier molecular flexibility index (Phi) is 6.59. The predicted octanol–water partition coefficient (Wildman–Crippen LogP) is 4.67. The van der Waals surface area contributed by atoms with Crippen LogP contribution in [0.4, 0.5) is 5.69 Å². The van der Waals surface area contributed by atoms with E-state index in [1.54, 1.807) is 19.2 Å². The van der Waals surface area contributed by atoms with Crippen molar-refractivity contribution in [2.75, 3.05) is 18.2 Å². The maximum atomic E-state index is 12.4. The molecule has 3 rings (SSSR count). The lowest BCUT2D eigenvalue weighted by atomic mass is 10.2. The van der Waals surface area contributed by atoms with Gasteiger partial charge < -0.3 is 14.6 Å². The monoisotopic (exact) mass is 416 g/mol. The molecule has 1 aromatic heterocycles. The van der Waals surface area contributed by atoms with Gasteiger partial charge in [0.25, 0.3) is 0 Å². The van der Waals surface area contributed by atoms with Gasteiger partial charge in [0, 0.05) is 17.3 Å². The van der Waals surface area contributed by atoms with Gasteiger partial charge in [0.1, 0.15) is 5.75 Å². The van der Waals surface area contributed by atoms with E-state index in [1.165, 1.54) is 11.8 Å². The number of methoxy groups -OCH3 is 1. The predicted molar refractivity (Wildman–Crippen MR) is 113 cm³/mol. The smallest absolute Gasteiger partial charge is 0.234 e. The number of nitrogens with one attached hydrogen (secondary N) is 1. The molecule has 0 unspecified atom stereocenters. The third kappa shape index (κ3) is 4.48. The summed E-state index contributed by atoms with van der Waals surface area (Å²) < 4.78 is 7.41. The van der Waals surface area contributed by atoms with Crippen molar-refractivity contribution in [1.82, 2.24) is 14.8 Å². The molecule has 146 valence electrons. The first-order valence-electron chi connectivity index (χ1n) is 8.78. The van der Waals surface area contributed by atoms with Crippen LogP contribution in [-0.2, 0) is 11.3 Å². The summed E-state index contributed by atoms with van der Waals surface area (Å²) in [6.07, 6.45) is 0. The van der Waals surface area contributed by atoms with E-state index in [2.05, 4.69) is 15.5 Å². The van der Waals surface area contributed by atoms with Crippen molar-refractivity contribution < 1.29 is 9.53 Å². The summed E-state index contributed by atoms with van der Waals surface area (Å²) in [4.78, 5) is 12.4. The van der Waals surface area contributed by atoms with Crippen LogP contribution in [0.3, 0.4) is 0 Å². The quantitative estimate of drug-likeness (QED) is 0.567. The van der Waals surface area contributed by atoms with E-state index in [9.17, 15) is 4.79 Å². The number of nitrogens with zero attached hydrogens (tertiary/aromatic N) is 3. The lowest BCUT2D eigenvalue weighted by Crippen LogP contribution is -2.15. The van der Waals surface area contributed by atoms with Crippen LogP contribution in [0, 0.1) is 6.92 Å². The van der Waals surface area contributed by atoms with Gasteiger partial charge >= 0.3 is 0 Å². The zero-order valence-corrected chi connectivity index (χ0v) is 17.5. The van der Waals surface area contributed by atoms with E-state index in [0.717, 1.165) is 28.4 Å². The SMILES string of the molecule is CCn1c(SCC(=O)Nc2ccc(Cl)cc2C)nnc1-c1ccccc1OC. The third-order valence-electron chi connectivity index (χ3n) is 4.18. The van der Waals surface area contributed by atoms with Crippen molar-refractivity contribution >= 4 is 35.0 Å². The molecule has 8 heteroatoms. The number of thioether (sulfide) groups is 1. The Bertz CT molecular complexity index is 990. The molecule has 6 nitrogen and oxygen atoms in total. The van der Waals surface area contributed by atoms with Crippen molar-refractivity contribution in [3.8, 4) is 17.1 Å². The van der Waals surface area contributed by atoms with Crippen LogP contribution >= 0.6 is 23.4 Å². The Hall–Kier alpha value is -2.51. The minimum atomic E-state index is -0.111. The Morgan fingerprint density at radius 1 is 1.25 bits per heavy atom. The van der Waals surface area contributed by atoms with Gasteiger partial charge in [-0.05, 0) is 49.7 Å². The summed E-state index contributed by atoms with van der Waals surface area (Å²) >= 11 is 7.31. The summed E-state index contributed by atoms with van der Waals surface area (Å²) in [7, 11) is 1.63. The Balaban J connectivity index is 1.73. The highest BCUT2D eigenvalue weighted by molar-refractivity contribution is 7.99. The lowest BCUT2D eigenvalue weighted by molar-refractivity contribution is -0.113. The standard InChI is InChI=1S/C20H21ClN4O2S/c1-4-25-19(15-7-5-6-8-17(15)27-3)23-24-20(25)28-12-18(26)22-16-10-9-14(21)11-13(16)2/h5-11H,4,12H2,1-3H3,(H,22,26). The topological polar surface area (TPSA) is 69.0 Å². The molecule has 0 saturated heterocycles. The van der Waals surface area contributed by atoms with Crippen molar-refractivity contribution in [2.45, 2.75) is 25.5 Å². The Labute approximate surface area is 173 Å². The van der Waals surface area contributed by atoms with Crippen molar-refractivity contribution in [2.24, 2.45) is 0 Å². The summed E-state index contributed by atoms with van der Waals surface area (Å²) in [5, 5.41) is 12.8. The Morgan fingerprint density at radius 2 is 2.04 bits per heavy atom. The molecule has 28 heavy (non-hydrogen) atoms. The highest BCUT2D eigenvalue weighted by atomic mass is 35.5. The second kappa shape index (κ2) is 9.12. The minimum Gasteiger partial charge on any atom is -0.496 e. The number of aryl methyl sites for hydroxylation is 1. The number of halogens is 1. The number of carbonyl (C=O) groups is 1. The van der Waals surface area contributed by atoms with E-state index in [0.29, 0.717) is 16.7 Å². The van der Waals surface area contributed by atoms with Gasteiger partial charge in [-0.25, -0.2) is 0 Å². The molecule has 0 aliphatic heterocycles. The van der Waals surface area contributed by atoms with E-state index in [-0.39, 0.29) is 11.7 Å². The fourth-order valence-electron chi connectivity index (χ4n) is 2.79. The maximum absolute atomic E-state index is 12.4. The molecule has 0 aliphatic rings. The molecular formula is C20H21ClN4O2S. The zero-order chi connectivity index (χ0) is 20.1. The van der Waals surface area contributed by atoms with Gasteiger partial charge in [-0.2, -0.15) is 0 Å². The van der Waals surface area contributed by atoms with Gasteiger partial charge in [-0.1, -0.05) is 35.5 Å². The summed E-state index contributed by atoms with van der Waals surface area (Å²) in [5.74, 6) is 1.57. The first-order valence-corrected chi connectivity index (χ1v) is 10.1. The summed E-state index contributed by atoms with van der Waals surface area (Å²) in [6.45, 7) is 4.60. The maximum Gasteiger partial charge on any atom is 0.234 e. The second-order valence-corrected chi connectivity index (χ2v) is 7.43. The zero-order valence-electron chi connectivity index (χ0n) is 15.9. The number of hydrogen-bond acceptors (Lipinski definition) is 5. The van der Waals surface area contributed by atoms with Crippen LogP contribution in [0.25, 0.3) is 11.4 Å². The van der Waals surface area contributed by atoms with Gasteiger partial charge in [-0.15, -0.1) is 10.2 Å². The molecule has 0 spiro atoms. The molecule has 2 aromatic carbocycles. The highest BCUT2D eigenvalue weighted by Gasteiger charge is 2.17. The summed E-state index contributed by atoms with van der Waals surface area (Å²) in [5.41, 5.74) is 2.54. The first-order chi connectivity index (χ1) is 13.5. The van der Waals surface area contributed by atoms with Crippen LogP contribution in [0.5, 0.6) is 5.75 Å². The number of aromatic nitrogens is 3. The number of hydrogen-bond donors (Lipinski definition) is 1. The van der Waals surface area contributed by atoms with E-state index in [4.69, 9.17) is 16.3 Å².